The summed E-state index contributed by atoms with van der Waals surface area (Å²) in [6, 6.07) is 10.0. The van der Waals surface area contributed by atoms with E-state index in [-0.39, 0.29) is 22.8 Å². The number of aromatic nitrogens is 3. The van der Waals surface area contributed by atoms with Crippen LogP contribution >= 0.6 is 11.8 Å². The number of para-hydroxylation sites is 1. The monoisotopic (exact) mass is 480 g/mol. The van der Waals surface area contributed by atoms with E-state index in [1.165, 1.54) is 11.8 Å². The van der Waals surface area contributed by atoms with E-state index in [1.807, 2.05) is 46.5 Å². The SMILES string of the molecule is CC1=Nc2c(c(=O)[nH]n2[C@H]2CCOC(C)(C)C2)[C@H](c2cc3ccccc3n(CC(C)C)c2=O)S1. The van der Waals surface area contributed by atoms with Gasteiger partial charge in [0.1, 0.15) is 0 Å². The summed E-state index contributed by atoms with van der Waals surface area (Å²) in [6.45, 7) is 11.6. The number of nitrogens with zero attached hydrogens (tertiary/aromatic N) is 3. The van der Waals surface area contributed by atoms with E-state index in [9.17, 15) is 9.59 Å². The highest BCUT2D eigenvalue weighted by atomic mass is 32.2. The molecular weight excluding hydrogens is 448 g/mol. The van der Waals surface area contributed by atoms with Crippen LogP contribution in [0.1, 0.15) is 69.9 Å². The number of aliphatic imine (C=N–C) groups is 1. The smallest absolute Gasteiger partial charge is 0.271 e. The molecule has 1 N–H and O–H groups in total. The van der Waals surface area contributed by atoms with Gasteiger partial charge in [-0.3, -0.25) is 19.4 Å². The van der Waals surface area contributed by atoms with Crippen LogP contribution in [0.15, 0.2) is 44.9 Å². The summed E-state index contributed by atoms with van der Waals surface area (Å²) >= 11 is 1.49. The molecule has 2 atom stereocenters. The van der Waals surface area contributed by atoms with Crippen molar-refractivity contribution in [1.29, 1.82) is 0 Å². The molecule has 34 heavy (non-hydrogen) atoms. The Labute approximate surface area is 203 Å². The second-order valence-electron chi connectivity index (χ2n) is 10.4. The predicted molar refractivity (Wildman–Crippen MR) is 139 cm³/mol. The minimum Gasteiger partial charge on any atom is -0.375 e. The number of aromatic amines is 1. The molecular formula is C26H32N4O3S. The van der Waals surface area contributed by atoms with Crippen molar-refractivity contribution >= 4 is 33.5 Å². The number of hydrogen-bond donors (Lipinski definition) is 1. The van der Waals surface area contributed by atoms with Crippen LogP contribution in [0.3, 0.4) is 0 Å². The molecule has 2 aliphatic heterocycles. The van der Waals surface area contributed by atoms with Gasteiger partial charge in [-0.05, 0) is 57.0 Å². The zero-order valence-electron chi connectivity index (χ0n) is 20.4. The molecule has 0 amide bonds. The first-order chi connectivity index (χ1) is 16.1. The number of pyridine rings is 1. The molecule has 0 aliphatic carbocycles. The maximum absolute atomic E-state index is 13.8. The van der Waals surface area contributed by atoms with Gasteiger partial charge in [0, 0.05) is 18.7 Å². The fourth-order valence-corrected chi connectivity index (χ4v) is 6.30. The van der Waals surface area contributed by atoms with Crippen LogP contribution in [0.2, 0.25) is 0 Å². The Balaban J connectivity index is 1.68. The second kappa shape index (κ2) is 8.57. The fourth-order valence-electron chi connectivity index (χ4n) is 5.20. The number of nitrogens with one attached hydrogen (secondary N) is 1. The largest absolute Gasteiger partial charge is 0.375 e. The van der Waals surface area contributed by atoms with Gasteiger partial charge in [-0.15, -0.1) is 0 Å². The zero-order valence-corrected chi connectivity index (χ0v) is 21.2. The van der Waals surface area contributed by atoms with Crippen LogP contribution in [0.4, 0.5) is 5.82 Å². The molecule has 0 radical (unpaired) electrons. The standard InChI is InChI=1S/C26H32N4O3S/c1-15(2)14-29-20-9-7-6-8-17(20)12-19(25(29)32)22-21-23(27-16(3)34-22)30(28-24(21)31)18-10-11-33-26(4,5)13-18/h6-9,12,15,18,22H,10-11,13-14H2,1-5H3,(H,28,31)/t18-,22-/m0/s1. The van der Waals surface area contributed by atoms with E-state index >= 15 is 0 Å². The summed E-state index contributed by atoms with van der Waals surface area (Å²) in [6.07, 6.45) is 1.59. The highest BCUT2D eigenvalue weighted by Gasteiger charge is 2.37. The van der Waals surface area contributed by atoms with E-state index in [2.05, 4.69) is 32.8 Å². The summed E-state index contributed by atoms with van der Waals surface area (Å²) in [4.78, 5) is 31.9. The molecule has 1 saturated heterocycles. The third-order valence-corrected chi connectivity index (χ3v) is 7.80. The highest BCUT2D eigenvalue weighted by Crippen LogP contribution is 2.45. The summed E-state index contributed by atoms with van der Waals surface area (Å²) in [5, 5.41) is 4.51. The van der Waals surface area contributed by atoms with Gasteiger partial charge in [-0.1, -0.05) is 43.8 Å². The lowest BCUT2D eigenvalue weighted by Crippen LogP contribution is -2.35. The third kappa shape index (κ3) is 4.07. The Morgan fingerprint density at radius 1 is 1.26 bits per heavy atom. The molecule has 4 heterocycles. The third-order valence-electron chi connectivity index (χ3n) is 6.65. The maximum Gasteiger partial charge on any atom is 0.271 e. The first-order valence-corrected chi connectivity index (χ1v) is 12.9. The number of hydrogen-bond acceptors (Lipinski definition) is 5. The minimum atomic E-state index is -0.402. The molecule has 8 heteroatoms. The van der Waals surface area contributed by atoms with Crippen molar-refractivity contribution in [3.63, 3.8) is 0 Å². The van der Waals surface area contributed by atoms with E-state index < -0.39 is 5.25 Å². The molecule has 5 rings (SSSR count). The van der Waals surface area contributed by atoms with Crippen LogP contribution in [-0.4, -0.2) is 31.6 Å². The first kappa shape index (κ1) is 23.2. The molecule has 0 bridgehead atoms. The number of H-pyrrole nitrogens is 1. The summed E-state index contributed by atoms with van der Waals surface area (Å²) in [5.74, 6) is 0.965. The molecule has 0 unspecified atom stereocenters. The molecule has 0 saturated carbocycles. The predicted octanol–water partition coefficient (Wildman–Crippen LogP) is 5.16. The zero-order chi connectivity index (χ0) is 24.2. The van der Waals surface area contributed by atoms with Gasteiger partial charge < -0.3 is 9.30 Å². The van der Waals surface area contributed by atoms with Crippen LogP contribution in [0.5, 0.6) is 0 Å². The van der Waals surface area contributed by atoms with Gasteiger partial charge in [-0.25, -0.2) is 4.99 Å². The van der Waals surface area contributed by atoms with Crippen molar-refractivity contribution in [2.45, 2.75) is 70.9 Å². The molecule has 2 aliphatic rings. The first-order valence-electron chi connectivity index (χ1n) is 12.0. The van der Waals surface area contributed by atoms with Crippen molar-refractivity contribution in [3.05, 3.63) is 62.2 Å². The quantitative estimate of drug-likeness (QED) is 0.559. The van der Waals surface area contributed by atoms with Crippen LogP contribution in [-0.2, 0) is 11.3 Å². The summed E-state index contributed by atoms with van der Waals surface area (Å²) < 4.78 is 9.68. The number of benzene rings is 1. The van der Waals surface area contributed by atoms with E-state index in [1.54, 1.807) is 0 Å². The van der Waals surface area contributed by atoms with Crippen LogP contribution < -0.4 is 11.1 Å². The molecule has 1 fully saturated rings. The Hall–Kier alpha value is -2.58. The lowest BCUT2D eigenvalue weighted by molar-refractivity contribution is -0.0705. The molecule has 0 spiro atoms. The van der Waals surface area contributed by atoms with Gasteiger partial charge in [0.15, 0.2) is 5.82 Å². The number of rotatable bonds is 4. The average molecular weight is 481 g/mol. The van der Waals surface area contributed by atoms with Gasteiger partial charge >= 0.3 is 0 Å². The average Bonchev–Trinajstić information content (AvgIpc) is 3.10. The Morgan fingerprint density at radius 3 is 2.76 bits per heavy atom. The minimum absolute atomic E-state index is 0.0371. The maximum atomic E-state index is 13.8. The number of thioether (sulfide) groups is 1. The van der Waals surface area contributed by atoms with Gasteiger partial charge in [-0.2, -0.15) is 0 Å². The van der Waals surface area contributed by atoms with E-state index in [0.29, 0.717) is 36.0 Å². The van der Waals surface area contributed by atoms with Gasteiger partial charge in [0.25, 0.3) is 11.1 Å². The van der Waals surface area contributed by atoms with Gasteiger partial charge in [0.2, 0.25) is 0 Å². The summed E-state index contributed by atoms with van der Waals surface area (Å²) in [7, 11) is 0. The van der Waals surface area contributed by atoms with Crippen LogP contribution in [0, 0.1) is 5.92 Å². The Bertz CT molecular complexity index is 1400. The van der Waals surface area contributed by atoms with Crippen molar-refractivity contribution in [2.75, 3.05) is 6.61 Å². The lowest BCUT2D eigenvalue weighted by Gasteiger charge is -2.36. The van der Waals surface area contributed by atoms with Crippen molar-refractivity contribution in [3.8, 4) is 0 Å². The van der Waals surface area contributed by atoms with Crippen molar-refractivity contribution in [2.24, 2.45) is 10.9 Å². The second-order valence-corrected chi connectivity index (χ2v) is 11.7. The lowest BCUT2D eigenvalue weighted by atomic mass is 9.94. The number of fused-ring (bicyclic) bond motifs is 2. The molecule has 1 aromatic carbocycles. The Kier molecular flexibility index (Phi) is 5.84. The normalized spacial score (nSPS) is 22.1. The molecule has 2 aromatic heterocycles. The Morgan fingerprint density at radius 2 is 2.03 bits per heavy atom. The molecule has 180 valence electrons. The topological polar surface area (TPSA) is 81.4 Å². The van der Waals surface area contributed by atoms with Gasteiger partial charge in [0.05, 0.1) is 33.0 Å². The number of ether oxygens (including phenoxy) is 1. The van der Waals surface area contributed by atoms with Crippen molar-refractivity contribution < 1.29 is 4.74 Å². The van der Waals surface area contributed by atoms with E-state index in [0.717, 1.165) is 28.8 Å². The van der Waals surface area contributed by atoms with E-state index in [4.69, 9.17) is 9.73 Å². The highest BCUT2D eigenvalue weighted by molar-refractivity contribution is 8.14. The summed E-state index contributed by atoms with van der Waals surface area (Å²) in [5.41, 5.74) is 1.66. The molecule has 7 nitrogen and oxygen atoms in total. The fraction of sp³-hybridized carbons (Fsp3) is 0.500. The molecule has 3 aromatic rings. The van der Waals surface area contributed by atoms with Crippen molar-refractivity contribution in [1.82, 2.24) is 14.3 Å². The van der Waals surface area contributed by atoms with Crippen LogP contribution in [0.25, 0.3) is 10.9 Å².